The molecular formula is C12H18O6. The lowest BCUT2D eigenvalue weighted by molar-refractivity contribution is -0.210. The lowest BCUT2D eigenvalue weighted by Gasteiger charge is -2.24. The first-order chi connectivity index (χ1) is 8.75. The molecule has 102 valence electrons. The molecule has 2 rings (SSSR count). The Bertz CT molecular complexity index is 261. The highest BCUT2D eigenvalue weighted by Crippen LogP contribution is 2.16. The summed E-state index contributed by atoms with van der Waals surface area (Å²) in [5, 5.41) is 0. The molecule has 0 aromatic carbocycles. The van der Waals surface area contributed by atoms with Crippen LogP contribution in [0.15, 0.2) is 0 Å². The SMILES string of the molecule is O=C(OC1CCCCO1)C(=O)OC1CCCCO1. The minimum absolute atomic E-state index is 0.554. The van der Waals surface area contributed by atoms with E-state index in [1.807, 2.05) is 0 Å². The zero-order valence-electron chi connectivity index (χ0n) is 10.3. The maximum atomic E-state index is 11.5. The molecule has 6 heteroatoms. The lowest BCUT2D eigenvalue weighted by atomic mass is 10.2. The Morgan fingerprint density at radius 2 is 1.22 bits per heavy atom. The first-order valence-electron chi connectivity index (χ1n) is 6.40. The molecule has 2 fully saturated rings. The number of hydrogen-bond donors (Lipinski definition) is 0. The predicted molar refractivity (Wildman–Crippen MR) is 59.4 cm³/mol. The van der Waals surface area contributed by atoms with Crippen LogP contribution in [0.2, 0.25) is 0 Å². The van der Waals surface area contributed by atoms with Crippen LogP contribution in [0.3, 0.4) is 0 Å². The molecule has 0 saturated carbocycles. The summed E-state index contributed by atoms with van der Waals surface area (Å²) in [6, 6.07) is 0. The highest BCUT2D eigenvalue weighted by Gasteiger charge is 2.27. The van der Waals surface area contributed by atoms with Crippen LogP contribution in [-0.2, 0) is 28.5 Å². The van der Waals surface area contributed by atoms with E-state index in [4.69, 9.17) is 18.9 Å². The van der Waals surface area contributed by atoms with Gasteiger partial charge in [0, 0.05) is 12.8 Å². The van der Waals surface area contributed by atoms with Gasteiger partial charge in [-0.15, -0.1) is 0 Å². The molecule has 0 aromatic heterocycles. The van der Waals surface area contributed by atoms with E-state index >= 15 is 0 Å². The fourth-order valence-electron chi connectivity index (χ4n) is 1.94. The normalized spacial score (nSPS) is 28.4. The van der Waals surface area contributed by atoms with Crippen LogP contribution in [0.25, 0.3) is 0 Å². The topological polar surface area (TPSA) is 71.1 Å². The molecule has 0 bridgehead atoms. The van der Waals surface area contributed by atoms with E-state index in [1.54, 1.807) is 0 Å². The first-order valence-corrected chi connectivity index (χ1v) is 6.40. The summed E-state index contributed by atoms with van der Waals surface area (Å²) in [6.45, 7) is 1.11. The van der Waals surface area contributed by atoms with E-state index in [9.17, 15) is 9.59 Å². The first kappa shape index (κ1) is 13.3. The lowest BCUT2D eigenvalue weighted by Crippen LogP contribution is -2.33. The molecule has 6 nitrogen and oxygen atoms in total. The monoisotopic (exact) mass is 258 g/mol. The van der Waals surface area contributed by atoms with Crippen molar-refractivity contribution in [2.24, 2.45) is 0 Å². The summed E-state index contributed by atoms with van der Waals surface area (Å²) in [7, 11) is 0. The molecule has 2 atom stereocenters. The minimum atomic E-state index is -1.00. The van der Waals surface area contributed by atoms with E-state index in [0.717, 1.165) is 25.7 Å². The van der Waals surface area contributed by atoms with Gasteiger partial charge in [0.25, 0.3) is 0 Å². The molecular weight excluding hydrogens is 240 g/mol. The van der Waals surface area contributed by atoms with E-state index in [0.29, 0.717) is 26.1 Å². The van der Waals surface area contributed by atoms with Gasteiger partial charge in [-0.25, -0.2) is 9.59 Å². The molecule has 18 heavy (non-hydrogen) atoms. The van der Waals surface area contributed by atoms with Crippen LogP contribution in [0, 0.1) is 0 Å². The summed E-state index contributed by atoms with van der Waals surface area (Å²) in [6.07, 6.45) is 3.77. The largest absolute Gasteiger partial charge is 0.427 e. The number of hydrogen-bond acceptors (Lipinski definition) is 6. The Kier molecular flexibility index (Phi) is 4.95. The molecule has 0 radical (unpaired) electrons. The van der Waals surface area contributed by atoms with Crippen LogP contribution in [0.4, 0.5) is 0 Å². The van der Waals surface area contributed by atoms with Gasteiger partial charge in [0.2, 0.25) is 12.6 Å². The molecule has 0 aliphatic carbocycles. The quantitative estimate of drug-likeness (QED) is 0.546. The van der Waals surface area contributed by atoms with E-state index in [2.05, 4.69) is 0 Å². The second kappa shape index (κ2) is 6.70. The van der Waals surface area contributed by atoms with Gasteiger partial charge >= 0.3 is 11.9 Å². The van der Waals surface area contributed by atoms with Crippen molar-refractivity contribution in [3.8, 4) is 0 Å². The molecule has 0 N–H and O–H groups in total. The summed E-state index contributed by atoms with van der Waals surface area (Å²) < 4.78 is 20.2. The third-order valence-corrected chi connectivity index (χ3v) is 2.92. The van der Waals surface area contributed by atoms with Crippen molar-refractivity contribution in [3.63, 3.8) is 0 Å². The fraction of sp³-hybridized carbons (Fsp3) is 0.833. The van der Waals surface area contributed by atoms with Crippen LogP contribution in [0.5, 0.6) is 0 Å². The van der Waals surface area contributed by atoms with Gasteiger partial charge in [-0.3, -0.25) is 0 Å². The van der Waals surface area contributed by atoms with Crippen molar-refractivity contribution >= 4 is 11.9 Å². The maximum absolute atomic E-state index is 11.5. The molecule has 0 amide bonds. The molecule has 2 unspecified atom stereocenters. The number of rotatable bonds is 2. The van der Waals surface area contributed by atoms with Crippen molar-refractivity contribution in [1.82, 2.24) is 0 Å². The van der Waals surface area contributed by atoms with Crippen molar-refractivity contribution in [3.05, 3.63) is 0 Å². The summed E-state index contributed by atoms with van der Waals surface area (Å²) in [5.41, 5.74) is 0. The maximum Gasteiger partial charge on any atom is 0.419 e. The van der Waals surface area contributed by atoms with Crippen LogP contribution >= 0.6 is 0 Å². The Labute approximate surface area is 106 Å². The molecule has 2 heterocycles. The number of ether oxygens (including phenoxy) is 4. The van der Waals surface area contributed by atoms with Gasteiger partial charge < -0.3 is 18.9 Å². The smallest absolute Gasteiger partial charge is 0.419 e. The Morgan fingerprint density at radius 3 is 1.56 bits per heavy atom. The summed E-state index contributed by atoms with van der Waals surface area (Å²) in [4.78, 5) is 22.9. The minimum Gasteiger partial charge on any atom is -0.427 e. The second-order valence-corrected chi connectivity index (χ2v) is 4.40. The highest BCUT2D eigenvalue weighted by molar-refractivity contribution is 6.29. The van der Waals surface area contributed by atoms with E-state index in [-0.39, 0.29) is 0 Å². The van der Waals surface area contributed by atoms with Crippen LogP contribution in [-0.4, -0.2) is 37.7 Å². The third-order valence-electron chi connectivity index (χ3n) is 2.92. The van der Waals surface area contributed by atoms with Gasteiger partial charge in [0.05, 0.1) is 13.2 Å². The molecule has 0 aromatic rings. The van der Waals surface area contributed by atoms with Gasteiger partial charge in [0.1, 0.15) is 0 Å². The number of carbonyl (C=O) groups excluding carboxylic acids is 2. The molecule has 2 aliphatic heterocycles. The average Bonchev–Trinajstić information content (AvgIpc) is 2.41. The number of carbonyl (C=O) groups is 2. The third kappa shape index (κ3) is 3.96. The van der Waals surface area contributed by atoms with E-state index in [1.165, 1.54) is 0 Å². The van der Waals surface area contributed by atoms with Gasteiger partial charge in [0.15, 0.2) is 0 Å². The number of esters is 2. The van der Waals surface area contributed by atoms with Crippen LogP contribution in [0.1, 0.15) is 38.5 Å². The molecule has 2 aliphatic rings. The Balaban J connectivity index is 1.71. The van der Waals surface area contributed by atoms with Crippen molar-refractivity contribution < 1.29 is 28.5 Å². The van der Waals surface area contributed by atoms with E-state index < -0.39 is 24.5 Å². The standard InChI is InChI=1S/C12H18O6/c13-11(17-9-5-1-3-7-15-9)12(14)18-10-6-2-4-8-16-10/h9-10H,1-8H2. The van der Waals surface area contributed by atoms with Crippen molar-refractivity contribution in [1.29, 1.82) is 0 Å². The average molecular weight is 258 g/mol. The zero-order chi connectivity index (χ0) is 12.8. The van der Waals surface area contributed by atoms with Crippen molar-refractivity contribution in [2.45, 2.75) is 51.1 Å². The summed E-state index contributed by atoms with van der Waals surface area (Å²) >= 11 is 0. The Morgan fingerprint density at radius 1 is 0.778 bits per heavy atom. The molecule has 2 saturated heterocycles. The highest BCUT2D eigenvalue weighted by atomic mass is 16.7. The second-order valence-electron chi connectivity index (χ2n) is 4.40. The predicted octanol–water partition coefficient (Wildman–Crippen LogP) is 1.13. The van der Waals surface area contributed by atoms with Gasteiger partial charge in [-0.1, -0.05) is 0 Å². The van der Waals surface area contributed by atoms with Gasteiger partial charge in [-0.05, 0) is 25.7 Å². The van der Waals surface area contributed by atoms with Crippen molar-refractivity contribution in [2.75, 3.05) is 13.2 Å². The van der Waals surface area contributed by atoms with Gasteiger partial charge in [-0.2, -0.15) is 0 Å². The van der Waals surface area contributed by atoms with Crippen LogP contribution < -0.4 is 0 Å². The fourth-order valence-corrected chi connectivity index (χ4v) is 1.94. The zero-order valence-corrected chi connectivity index (χ0v) is 10.3. The molecule has 0 spiro atoms. The summed E-state index contributed by atoms with van der Waals surface area (Å²) in [5.74, 6) is -2.01. The Hall–Kier alpha value is -1.14.